The summed E-state index contributed by atoms with van der Waals surface area (Å²) >= 11 is 0. The fourth-order valence-corrected chi connectivity index (χ4v) is 3.61. The van der Waals surface area contributed by atoms with Gasteiger partial charge in [-0.15, -0.1) is 0 Å². The van der Waals surface area contributed by atoms with Crippen LogP contribution in [0.2, 0.25) is 0 Å². The molecule has 6 nitrogen and oxygen atoms in total. The zero-order valence-electron chi connectivity index (χ0n) is 17.2. The van der Waals surface area contributed by atoms with Gasteiger partial charge in [-0.2, -0.15) is 0 Å². The van der Waals surface area contributed by atoms with Crippen molar-refractivity contribution in [3.8, 4) is 11.5 Å². The highest BCUT2D eigenvalue weighted by Gasteiger charge is 2.23. The number of nitrogens with one attached hydrogen (secondary N) is 1. The monoisotopic (exact) mass is 388 g/mol. The molecule has 0 bridgehead atoms. The van der Waals surface area contributed by atoms with E-state index in [1.165, 1.54) is 11.1 Å². The Hall–Kier alpha value is -2.83. The average molecular weight is 389 g/mol. The number of hydrogen-bond acceptors (Lipinski definition) is 6. The van der Waals surface area contributed by atoms with Crippen molar-refractivity contribution in [3.05, 3.63) is 71.5 Å². The molecule has 0 saturated heterocycles. The molecular formula is C23H28N6. The maximum atomic E-state index is 4.91. The lowest BCUT2D eigenvalue weighted by molar-refractivity contribution is 0.241. The Kier molecular flexibility index (Phi) is 6.12. The van der Waals surface area contributed by atoms with Crippen LogP contribution in [0.25, 0.3) is 11.5 Å². The molecule has 1 aliphatic heterocycles. The van der Waals surface area contributed by atoms with E-state index in [0.29, 0.717) is 5.82 Å². The van der Waals surface area contributed by atoms with E-state index in [2.05, 4.69) is 64.5 Å². The summed E-state index contributed by atoms with van der Waals surface area (Å²) in [6, 6.07) is 16.5. The number of fused-ring (bicyclic) bond motifs is 1. The van der Waals surface area contributed by atoms with Gasteiger partial charge in [0, 0.05) is 44.5 Å². The topological polar surface area (TPSA) is 57.2 Å². The smallest absolute Gasteiger partial charge is 0.180 e. The van der Waals surface area contributed by atoms with Gasteiger partial charge in [0.25, 0.3) is 0 Å². The Bertz CT molecular complexity index is 927. The summed E-state index contributed by atoms with van der Waals surface area (Å²) in [5.74, 6) is 1.65. The first-order valence-corrected chi connectivity index (χ1v) is 10.1. The number of nitrogens with zero attached hydrogens (tertiary/aromatic N) is 5. The van der Waals surface area contributed by atoms with Gasteiger partial charge >= 0.3 is 0 Å². The van der Waals surface area contributed by atoms with E-state index < -0.39 is 0 Å². The Balaban J connectivity index is 1.60. The maximum absolute atomic E-state index is 4.91. The quantitative estimate of drug-likeness (QED) is 0.671. The molecule has 0 amide bonds. The predicted molar refractivity (Wildman–Crippen MR) is 117 cm³/mol. The van der Waals surface area contributed by atoms with Crippen molar-refractivity contribution in [2.45, 2.75) is 19.5 Å². The van der Waals surface area contributed by atoms with Gasteiger partial charge in [0.05, 0.1) is 5.69 Å². The van der Waals surface area contributed by atoms with Crippen LogP contribution in [0.1, 0.15) is 16.8 Å². The Labute approximate surface area is 172 Å². The molecule has 3 aromatic rings. The lowest BCUT2D eigenvalue weighted by Crippen LogP contribution is -2.32. The van der Waals surface area contributed by atoms with Gasteiger partial charge < -0.3 is 10.2 Å². The highest BCUT2D eigenvalue weighted by molar-refractivity contribution is 5.57. The van der Waals surface area contributed by atoms with Gasteiger partial charge in [-0.3, -0.25) is 9.88 Å². The van der Waals surface area contributed by atoms with E-state index in [0.717, 1.165) is 56.4 Å². The third kappa shape index (κ3) is 4.96. The molecule has 1 N–H and O–H groups in total. The molecule has 0 radical (unpaired) electrons. The number of likely N-dealkylation sites (N-methyl/N-ethyl adjacent to an activating group) is 1. The molecule has 29 heavy (non-hydrogen) atoms. The zero-order valence-corrected chi connectivity index (χ0v) is 17.2. The van der Waals surface area contributed by atoms with Crippen molar-refractivity contribution in [1.29, 1.82) is 0 Å². The van der Waals surface area contributed by atoms with Crippen LogP contribution in [0, 0.1) is 0 Å². The van der Waals surface area contributed by atoms with Crippen molar-refractivity contribution >= 4 is 5.82 Å². The molecule has 2 aromatic heterocycles. The standard InChI is InChI=1S/C23H28N6/c1-28(2)15-13-25-22-19-11-14-29(16-18-8-4-3-5-9-18)17-21(19)26-23(27-22)20-10-6-7-12-24-20/h3-10,12H,11,13-17H2,1-2H3,(H,25,26,27). The SMILES string of the molecule is CN(C)CCNc1nc(-c2ccccn2)nc2c1CCN(Cc1ccccc1)C2. The van der Waals surface area contributed by atoms with Gasteiger partial charge in [-0.05, 0) is 38.2 Å². The number of benzene rings is 1. The molecular weight excluding hydrogens is 360 g/mol. The first-order valence-electron chi connectivity index (χ1n) is 10.1. The summed E-state index contributed by atoms with van der Waals surface area (Å²) in [4.78, 5) is 18.8. The molecule has 150 valence electrons. The molecule has 1 aromatic carbocycles. The summed E-state index contributed by atoms with van der Waals surface area (Å²) in [7, 11) is 4.16. The summed E-state index contributed by atoms with van der Waals surface area (Å²) in [5, 5.41) is 3.54. The molecule has 3 heterocycles. The third-order valence-electron chi connectivity index (χ3n) is 5.14. The lowest BCUT2D eigenvalue weighted by atomic mass is 10.0. The summed E-state index contributed by atoms with van der Waals surface area (Å²) in [6.07, 6.45) is 2.74. The number of anilines is 1. The van der Waals surface area contributed by atoms with Crippen molar-refractivity contribution in [3.63, 3.8) is 0 Å². The van der Waals surface area contributed by atoms with Gasteiger partial charge in [0.2, 0.25) is 0 Å². The molecule has 0 spiro atoms. The molecule has 0 aliphatic carbocycles. The van der Waals surface area contributed by atoms with Crippen LogP contribution in [-0.2, 0) is 19.5 Å². The fourth-order valence-electron chi connectivity index (χ4n) is 3.61. The molecule has 1 aliphatic rings. The normalized spacial score (nSPS) is 14.0. The molecule has 4 rings (SSSR count). The molecule has 0 fully saturated rings. The van der Waals surface area contributed by atoms with Crippen LogP contribution in [0.4, 0.5) is 5.82 Å². The van der Waals surface area contributed by atoms with Crippen LogP contribution in [0.15, 0.2) is 54.7 Å². The number of pyridine rings is 1. The minimum atomic E-state index is 0.693. The Morgan fingerprint density at radius 1 is 1.03 bits per heavy atom. The lowest BCUT2D eigenvalue weighted by Gasteiger charge is -2.29. The molecule has 0 unspecified atom stereocenters. The second-order valence-electron chi connectivity index (χ2n) is 7.71. The highest BCUT2D eigenvalue weighted by atomic mass is 15.2. The van der Waals surface area contributed by atoms with Crippen LogP contribution in [0.5, 0.6) is 0 Å². The van der Waals surface area contributed by atoms with Crippen molar-refractivity contribution in [2.75, 3.05) is 39.0 Å². The van der Waals surface area contributed by atoms with Crippen LogP contribution >= 0.6 is 0 Å². The van der Waals surface area contributed by atoms with E-state index >= 15 is 0 Å². The van der Waals surface area contributed by atoms with E-state index in [1.54, 1.807) is 6.20 Å². The van der Waals surface area contributed by atoms with Crippen LogP contribution < -0.4 is 5.32 Å². The highest BCUT2D eigenvalue weighted by Crippen LogP contribution is 2.27. The average Bonchev–Trinajstić information content (AvgIpc) is 2.74. The Morgan fingerprint density at radius 2 is 1.86 bits per heavy atom. The largest absolute Gasteiger partial charge is 0.368 e. The predicted octanol–water partition coefficient (Wildman–Crippen LogP) is 3.07. The van der Waals surface area contributed by atoms with Crippen LogP contribution in [-0.4, -0.2) is 58.5 Å². The zero-order chi connectivity index (χ0) is 20.1. The van der Waals surface area contributed by atoms with E-state index in [9.17, 15) is 0 Å². The fraction of sp³-hybridized carbons (Fsp3) is 0.348. The second-order valence-corrected chi connectivity index (χ2v) is 7.71. The summed E-state index contributed by atoms with van der Waals surface area (Å²) < 4.78 is 0. The first kappa shape index (κ1) is 19.5. The number of aromatic nitrogens is 3. The van der Waals surface area contributed by atoms with E-state index in [4.69, 9.17) is 9.97 Å². The van der Waals surface area contributed by atoms with Crippen molar-refractivity contribution in [2.24, 2.45) is 0 Å². The minimum Gasteiger partial charge on any atom is -0.368 e. The third-order valence-corrected chi connectivity index (χ3v) is 5.14. The molecule has 0 atom stereocenters. The van der Waals surface area contributed by atoms with Crippen molar-refractivity contribution in [1.82, 2.24) is 24.8 Å². The maximum Gasteiger partial charge on any atom is 0.180 e. The summed E-state index contributed by atoms with van der Waals surface area (Å²) in [6.45, 7) is 4.59. The molecule has 6 heteroatoms. The molecule has 0 saturated carbocycles. The van der Waals surface area contributed by atoms with E-state index in [1.807, 2.05) is 18.2 Å². The first-order chi connectivity index (χ1) is 14.2. The van der Waals surface area contributed by atoms with Gasteiger partial charge in [-0.25, -0.2) is 9.97 Å². The summed E-state index contributed by atoms with van der Waals surface area (Å²) in [5.41, 5.74) is 4.49. The second kappa shape index (κ2) is 9.11. The van der Waals surface area contributed by atoms with Gasteiger partial charge in [0.1, 0.15) is 11.5 Å². The van der Waals surface area contributed by atoms with Gasteiger partial charge in [0.15, 0.2) is 5.82 Å². The number of rotatable bonds is 7. The van der Waals surface area contributed by atoms with Crippen molar-refractivity contribution < 1.29 is 0 Å². The number of hydrogen-bond donors (Lipinski definition) is 1. The van der Waals surface area contributed by atoms with Gasteiger partial charge in [-0.1, -0.05) is 36.4 Å². The van der Waals surface area contributed by atoms with E-state index in [-0.39, 0.29) is 0 Å². The Morgan fingerprint density at radius 3 is 2.62 bits per heavy atom. The van der Waals surface area contributed by atoms with Crippen LogP contribution in [0.3, 0.4) is 0 Å². The minimum absolute atomic E-state index is 0.693.